The van der Waals surface area contributed by atoms with Gasteiger partial charge in [-0.1, -0.05) is 30.3 Å². The Balaban J connectivity index is 1.82. The molecule has 2 rings (SSSR count). The number of hydrogen-bond donors (Lipinski definition) is 2. The molecule has 3 amide bonds. The highest BCUT2D eigenvalue weighted by Crippen LogP contribution is 2.34. The zero-order valence-electron chi connectivity index (χ0n) is 17.1. The van der Waals surface area contributed by atoms with Crippen molar-refractivity contribution in [3.05, 3.63) is 35.9 Å². The second-order valence-corrected chi connectivity index (χ2v) is 8.44. The molecule has 0 spiro atoms. The molecule has 1 fully saturated rings. The summed E-state index contributed by atoms with van der Waals surface area (Å²) in [5.74, 6) is -0.789. The first-order valence-electron chi connectivity index (χ1n) is 9.26. The summed E-state index contributed by atoms with van der Waals surface area (Å²) >= 11 is 0. The fraction of sp³-hybridized carbons (Fsp3) is 0.550. The number of carbonyl (C=O) groups excluding carboxylic acids is 3. The molecule has 1 saturated heterocycles. The summed E-state index contributed by atoms with van der Waals surface area (Å²) < 4.78 is 10.4. The summed E-state index contributed by atoms with van der Waals surface area (Å²) in [6.07, 6.45) is -0.837. The number of rotatable bonds is 5. The molecule has 1 atom stereocenters. The molecule has 0 aromatic heterocycles. The van der Waals surface area contributed by atoms with Crippen molar-refractivity contribution in [1.29, 1.82) is 0 Å². The number of amides is 3. The number of benzene rings is 1. The van der Waals surface area contributed by atoms with Crippen molar-refractivity contribution in [3.8, 4) is 0 Å². The number of hydrogen-bond acceptors (Lipinski definition) is 6. The lowest BCUT2D eigenvalue weighted by atomic mass is 9.96. The first-order chi connectivity index (χ1) is 13.0. The van der Waals surface area contributed by atoms with Crippen LogP contribution in [0.3, 0.4) is 0 Å². The maximum absolute atomic E-state index is 12.7. The number of ether oxygens (including phenoxy) is 2. The first-order valence-corrected chi connectivity index (χ1v) is 9.26. The number of hydrazine groups is 1. The van der Waals surface area contributed by atoms with Crippen molar-refractivity contribution in [3.63, 3.8) is 0 Å². The van der Waals surface area contributed by atoms with Gasteiger partial charge in [0.25, 0.3) is 0 Å². The van der Waals surface area contributed by atoms with E-state index in [1.54, 1.807) is 20.8 Å². The van der Waals surface area contributed by atoms with Crippen LogP contribution in [0.4, 0.5) is 9.59 Å². The van der Waals surface area contributed by atoms with Crippen molar-refractivity contribution in [1.82, 2.24) is 15.8 Å². The predicted octanol–water partition coefficient (Wildman–Crippen LogP) is 2.98. The molecular formula is C20H29N3O5. The number of imide groups is 1. The fourth-order valence-electron chi connectivity index (χ4n) is 3.07. The third-order valence-electron chi connectivity index (χ3n) is 4.25. The van der Waals surface area contributed by atoms with E-state index in [-0.39, 0.29) is 19.1 Å². The van der Waals surface area contributed by atoms with Crippen LogP contribution in [0, 0.1) is 5.92 Å². The summed E-state index contributed by atoms with van der Waals surface area (Å²) in [6, 6.07) is 9.31. The van der Waals surface area contributed by atoms with Gasteiger partial charge in [0.2, 0.25) is 5.91 Å². The lowest BCUT2D eigenvalue weighted by molar-refractivity contribution is -0.132. The molecule has 1 unspecified atom stereocenters. The average Bonchev–Trinajstić information content (AvgIpc) is 2.81. The van der Waals surface area contributed by atoms with Crippen LogP contribution < -0.4 is 10.9 Å². The minimum atomic E-state index is -0.687. The van der Waals surface area contributed by atoms with Gasteiger partial charge in [-0.05, 0) is 46.6 Å². The van der Waals surface area contributed by atoms with Gasteiger partial charge in [-0.2, -0.15) is 0 Å². The summed E-state index contributed by atoms with van der Waals surface area (Å²) in [4.78, 5) is 38.0. The van der Waals surface area contributed by atoms with Gasteiger partial charge in [-0.15, -0.1) is 0 Å². The Bertz CT molecular complexity index is 712. The summed E-state index contributed by atoms with van der Waals surface area (Å²) in [6.45, 7) is 9.22. The third-order valence-corrected chi connectivity index (χ3v) is 4.25. The first kappa shape index (κ1) is 21.7. The monoisotopic (exact) mass is 391 g/mol. The van der Waals surface area contributed by atoms with E-state index in [1.165, 1.54) is 4.90 Å². The van der Waals surface area contributed by atoms with E-state index >= 15 is 0 Å². The summed E-state index contributed by atoms with van der Waals surface area (Å²) in [5, 5.41) is 0. The van der Waals surface area contributed by atoms with Crippen LogP contribution in [0.15, 0.2) is 30.3 Å². The van der Waals surface area contributed by atoms with Crippen molar-refractivity contribution in [2.75, 3.05) is 6.54 Å². The molecule has 0 saturated carbocycles. The Hall–Kier alpha value is -2.61. The van der Waals surface area contributed by atoms with Gasteiger partial charge in [0, 0.05) is 12.1 Å². The normalized spacial score (nSPS) is 18.7. The van der Waals surface area contributed by atoms with Gasteiger partial charge >= 0.3 is 12.2 Å². The van der Waals surface area contributed by atoms with Crippen molar-refractivity contribution in [2.45, 2.75) is 58.8 Å². The molecule has 1 aromatic carbocycles. The molecule has 1 aromatic rings. The van der Waals surface area contributed by atoms with E-state index in [0.717, 1.165) is 5.56 Å². The molecule has 8 heteroatoms. The Morgan fingerprint density at radius 1 is 1.21 bits per heavy atom. The highest BCUT2D eigenvalue weighted by atomic mass is 16.6. The number of nitrogens with one attached hydrogen (secondary N) is 2. The minimum absolute atomic E-state index is 0.149. The molecule has 1 heterocycles. The highest BCUT2D eigenvalue weighted by molar-refractivity contribution is 5.96. The topological polar surface area (TPSA) is 97.0 Å². The Kier molecular flexibility index (Phi) is 6.66. The second-order valence-electron chi connectivity index (χ2n) is 8.44. The van der Waals surface area contributed by atoms with Gasteiger partial charge in [0.05, 0.1) is 5.92 Å². The van der Waals surface area contributed by atoms with Crippen molar-refractivity contribution in [2.24, 2.45) is 5.92 Å². The Labute approximate surface area is 165 Å². The Morgan fingerprint density at radius 2 is 1.86 bits per heavy atom. The van der Waals surface area contributed by atoms with E-state index in [1.807, 2.05) is 44.2 Å². The van der Waals surface area contributed by atoms with Gasteiger partial charge < -0.3 is 9.47 Å². The summed E-state index contributed by atoms with van der Waals surface area (Å²) in [5.41, 5.74) is 4.65. The van der Waals surface area contributed by atoms with Crippen LogP contribution >= 0.6 is 0 Å². The van der Waals surface area contributed by atoms with E-state index in [2.05, 4.69) is 10.9 Å². The van der Waals surface area contributed by atoms with Crippen LogP contribution in [0.25, 0.3) is 0 Å². The average molecular weight is 391 g/mol. The van der Waals surface area contributed by atoms with Crippen molar-refractivity contribution < 1.29 is 23.9 Å². The highest BCUT2D eigenvalue weighted by Gasteiger charge is 2.49. The summed E-state index contributed by atoms with van der Waals surface area (Å²) in [7, 11) is 0. The largest absolute Gasteiger partial charge is 0.444 e. The van der Waals surface area contributed by atoms with Gasteiger partial charge in [-0.3, -0.25) is 10.2 Å². The van der Waals surface area contributed by atoms with Crippen LogP contribution in [-0.4, -0.2) is 40.7 Å². The van der Waals surface area contributed by atoms with Crippen LogP contribution in [0.2, 0.25) is 0 Å². The zero-order chi connectivity index (χ0) is 20.9. The van der Waals surface area contributed by atoms with Crippen molar-refractivity contribution >= 4 is 18.1 Å². The quantitative estimate of drug-likeness (QED) is 0.749. The molecule has 1 aliphatic rings. The smallest absolute Gasteiger partial charge is 0.421 e. The predicted molar refractivity (Wildman–Crippen MR) is 103 cm³/mol. The maximum Gasteiger partial charge on any atom is 0.421 e. The number of likely N-dealkylation sites (tertiary alicyclic amines) is 1. The SMILES string of the molecule is CC(C)(C)OC(=O)N1C(=O)C(CNNC(=O)OCc2ccccc2)CC1(C)C. The van der Waals surface area contributed by atoms with E-state index in [9.17, 15) is 14.4 Å². The molecule has 0 radical (unpaired) electrons. The molecule has 28 heavy (non-hydrogen) atoms. The van der Waals surface area contributed by atoms with E-state index in [4.69, 9.17) is 9.47 Å². The molecule has 8 nitrogen and oxygen atoms in total. The second kappa shape index (κ2) is 8.60. The molecule has 2 N–H and O–H groups in total. The lowest BCUT2D eigenvalue weighted by Crippen LogP contribution is -2.48. The number of carbonyl (C=O) groups is 3. The zero-order valence-corrected chi connectivity index (χ0v) is 17.1. The lowest BCUT2D eigenvalue weighted by Gasteiger charge is -2.31. The van der Waals surface area contributed by atoms with Gasteiger partial charge in [-0.25, -0.2) is 19.9 Å². The number of nitrogens with zero attached hydrogens (tertiary/aromatic N) is 1. The molecule has 0 bridgehead atoms. The van der Waals surface area contributed by atoms with Gasteiger partial charge in [0.1, 0.15) is 12.2 Å². The Morgan fingerprint density at radius 3 is 2.46 bits per heavy atom. The molecule has 1 aliphatic heterocycles. The third kappa shape index (κ3) is 5.95. The molecular weight excluding hydrogens is 362 g/mol. The van der Waals surface area contributed by atoms with E-state index < -0.39 is 29.2 Å². The van der Waals surface area contributed by atoms with Crippen LogP contribution in [0.5, 0.6) is 0 Å². The van der Waals surface area contributed by atoms with Crippen LogP contribution in [-0.2, 0) is 20.9 Å². The van der Waals surface area contributed by atoms with Crippen LogP contribution in [0.1, 0.15) is 46.6 Å². The molecule has 0 aliphatic carbocycles. The minimum Gasteiger partial charge on any atom is -0.444 e. The molecule has 154 valence electrons. The maximum atomic E-state index is 12.7. The standard InChI is InChI=1S/C20H29N3O5/c1-19(2,3)28-18(26)23-16(24)15(11-20(23,4)5)12-21-22-17(25)27-13-14-9-7-6-8-10-14/h6-10,15,21H,11-13H2,1-5H3,(H,22,25). The van der Waals surface area contributed by atoms with Gasteiger partial charge in [0.15, 0.2) is 0 Å². The fourth-order valence-corrected chi connectivity index (χ4v) is 3.07. The van der Waals surface area contributed by atoms with E-state index in [0.29, 0.717) is 6.42 Å².